The Kier molecular flexibility index (Phi) is 5.36. The topological polar surface area (TPSA) is 58.6 Å². The number of nitrogens with one attached hydrogen (secondary N) is 1. The van der Waals surface area contributed by atoms with Gasteiger partial charge in [-0.05, 0) is 37.5 Å². The lowest BCUT2D eigenvalue weighted by Gasteiger charge is -2.19. The predicted octanol–water partition coefficient (Wildman–Crippen LogP) is 2.46. The van der Waals surface area contributed by atoms with E-state index in [1.165, 1.54) is 5.56 Å². The smallest absolute Gasteiger partial charge is 0.310 e. The molecule has 1 rings (SSSR count). The molecule has 0 amide bonds. The minimum absolute atomic E-state index is 0.440. The van der Waals surface area contributed by atoms with E-state index in [-0.39, 0.29) is 0 Å². The fraction of sp³-hybridized carbons (Fsp3) is 0.533. The van der Waals surface area contributed by atoms with Gasteiger partial charge in [-0.15, -0.1) is 0 Å². The molecule has 0 atom stereocenters. The van der Waals surface area contributed by atoms with Gasteiger partial charge in [0.1, 0.15) is 5.75 Å². The van der Waals surface area contributed by atoms with E-state index in [9.17, 15) is 4.79 Å². The summed E-state index contributed by atoms with van der Waals surface area (Å²) in [6.45, 7) is 6.62. The molecule has 19 heavy (non-hydrogen) atoms. The van der Waals surface area contributed by atoms with Crippen molar-refractivity contribution < 1.29 is 14.6 Å². The normalized spacial score (nSPS) is 11.4. The maximum absolute atomic E-state index is 11.0. The molecule has 0 radical (unpaired) electrons. The predicted molar refractivity (Wildman–Crippen MR) is 75.5 cm³/mol. The lowest BCUT2D eigenvalue weighted by Crippen LogP contribution is -2.35. The fourth-order valence-corrected chi connectivity index (χ4v) is 1.81. The van der Waals surface area contributed by atoms with Crippen LogP contribution >= 0.6 is 0 Å². The van der Waals surface area contributed by atoms with Crippen LogP contribution in [0.25, 0.3) is 0 Å². The van der Waals surface area contributed by atoms with E-state index in [2.05, 4.69) is 18.3 Å². The van der Waals surface area contributed by atoms with Crippen molar-refractivity contribution in [2.45, 2.75) is 33.7 Å². The summed E-state index contributed by atoms with van der Waals surface area (Å²) < 4.78 is 5.28. The monoisotopic (exact) mass is 265 g/mol. The van der Waals surface area contributed by atoms with Crippen LogP contribution in [0.2, 0.25) is 0 Å². The van der Waals surface area contributed by atoms with Crippen LogP contribution < -0.4 is 10.1 Å². The molecule has 0 bridgehead atoms. The number of rotatable bonds is 7. The number of benzene rings is 1. The van der Waals surface area contributed by atoms with Gasteiger partial charge in [0, 0.05) is 13.1 Å². The van der Waals surface area contributed by atoms with Crippen LogP contribution in [0.5, 0.6) is 5.75 Å². The molecule has 0 aromatic heterocycles. The Balaban J connectivity index is 2.61. The fourth-order valence-electron chi connectivity index (χ4n) is 1.81. The van der Waals surface area contributed by atoms with Gasteiger partial charge in [-0.3, -0.25) is 4.79 Å². The minimum atomic E-state index is -0.788. The van der Waals surface area contributed by atoms with Crippen LogP contribution in [-0.2, 0) is 17.8 Å². The van der Waals surface area contributed by atoms with Gasteiger partial charge >= 0.3 is 5.97 Å². The second-order valence-electron chi connectivity index (χ2n) is 5.29. The van der Waals surface area contributed by atoms with Crippen molar-refractivity contribution in [1.29, 1.82) is 0 Å². The molecule has 1 aromatic carbocycles. The number of hydrogen-bond donors (Lipinski definition) is 2. The quantitative estimate of drug-likeness (QED) is 0.795. The third-order valence-electron chi connectivity index (χ3n) is 3.20. The van der Waals surface area contributed by atoms with Gasteiger partial charge in [0.25, 0.3) is 0 Å². The van der Waals surface area contributed by atoms with Crippen LogP contribution in [0.4, 0.5) is 0 Å². The first kappa shape index (κ1) is 15.5. The van der Waals surface area contributed by atoms with Crippen molar-refractivity contribution in [3.05, 3.63) is 29.3 Å². The molecule has 0 aliphatic rings. The molecular formula is C15H23NO3. The van der Waals surface area contributed by atoms with Crippen molar-refractivity contribution in [2.24, 2.45) is 5.41 Å². The first-order valence-electron chi connectivity index (χ1n) is 6.50. The van der Waals surface area contributed by atoms with E-state index in [0.717, 1.165) is 17.7 Å². The van der Waals surface area contributed by atoms with Crippen LogP contribution in [-0.4, -0.2) is 24.7 Å². The highest BCUT2D eigenvalue weighted by molar-refractivity contribution is 5.73. The highest BCUT2D eigenvalue weighted by Gasteiger charge is 2.26. The molecule has 4 nitrogen and oxygen atoms in total. The summed E-state index contributed by atoms with van der Waals surface area (Å²) in [5.41, 5.74) is 1.55. The van der Waals surface area contributed by atoms with Gasteiger partial charge in [0.15, 0.2) is 0 Å². The second kappa shape index (κ2) is 6.57. The van der Waals surface area contributed by atoms with Gasteiger partial charge in [-0.2, -0.15) is 0 Å². The molecule has 4 heteroatoms. The van der Waals surface area contributed by atoms with Crippen LogP contribution in [0.15, 0.2) is 18.2 Å². The van der Waals surface area contributed by atoms with Gasteiger partial charge in [0.05, 0.1) is 12.5 Å². The number of ether oxygens (including phenoxy) is 1. The lowest BCUT2D eigenvalue weighted by molar-refractivity contribution is -0.146. The first-order chi connectivity index (χ1) is 8.90. The van der Waals surface area contributed by atoms with E-state index in [1.54, 1.807) is 21.0 Å². The molecule has 0 saturated heterocycles. The molecule has 0 aliphatic heterocycles. The maximum Gasteiger partial charge on any atom is 0.310 e. The maximum atomic E-state index is 11.0. The van der Waals surface area contributed by atoms with Crippen molar-refractivity contribution in [2.75, 3.05) is 13.7 Å². The summed E-state index contributed by atoms with van der Waals surface area (Å²) in [6, 6.07) is 6.05. The Labute approximate surface area is 114 Å². The molecule has 1 aromatic rings. The summed E-state index contributed by atoms with van der Waals surface area (Å²) in [4.78, 5) is 11.0. The van der Waals surface area contributed by atoms with Gasteiger partial charge in [-0.25, -0.2) is 0 Å². The third kappa shape index (κ3) is 4.24. The Morgan fingerprint density at radius 2 is 2.11 bits per heavy atom. The van der Waals surface area contributed by atoms with Gasteiger partial charge < -0.3 is 15.2 Å². The molecular weight excluding hydrogens is 242 g/mol. The summed E-state index contributed by atoms with van der Waals surface area (Å²) >= 11 is 0. The number of aryl methyl sites for hydroxylation is 1. The van der Waals surface area contributed by atoms with E-state index >= 15 is 0 Å². The zero-order valence-corrected chi connectivity index (χ0v) is 12.1. The Morgan fingerprint density at radius 1 is 1.42 bits per heavy atom. The lowest BCUT2D eigenvalue weighted by atomic mass is 9.94. The van der Waals surface area contributed by atoms with E-state index in [4.69, 9.17) is 9.84 Å². The first-order valence-corrected chi connectivity index (χ1v) is 6.50. The zero-order valence-electron chi connectivity index (χ0n) is 12.1. The van der Waals surface area contributed by atoms with Crippen LogP contribution in [0.3, 0.4) is 0 Å². The molecule has 0 fully saturated rings. The average molecular weight is 265 g/mol. The molecule has 0 heterocycles. The second-order valence-corrected chi connectivity index (χ2v) is 5.29. The number of carbonyl (C=O) groups is 1. The number of methoxy groups -OCH3 is 1. The Bertz CT molecular complexity index is 441. The van der Waals surface area contributed by atoms with Crippen molar-refractivity contribution in [3.63, 3.8) is 0 Å². The number of carboxylic acid groups (broad SMARTS) is 1. The zero-order chi connectivity index (χ0) is 14.5. The van der Waals surface area contributed by atoms with Gasteiger partial charge in [-0.1, -0.05) is 19.1 Å². The van der Waals surface area contributed by atoms with Crippen molar-refractivity contribution in [3.8, 4) is 5.75 Å². The summed E-state index contributed by atoms with van der Waals surface area (Å²) in [5, 5.41) is 12.2. The molecule has 106 valence electrons. The third-order valence-corrected chi connectivity index (χ3v) is 3.20. The molecule has 0 unspecified atom stereocenters. The SMILES string of the molecule is CCc1cc(CNCC(C)(C)C(=O)O)ccc1OC. The van der Waals surface area contributed by atoms with Crippen LogP contribution in [0, 0.1) is 5.41 Å². The number of aliphatic carboxylic acids is 1. The largest absolute Gasteiger partial charge is 0.496 e. The molecule has 0 saturated carbocycles. The standard InChI is InChI=1S/C15H23NO3/c1-5-12-8-11(6-7-13(12)19-4)9-16-10-15(2,3)14(17)18/h6-8,16H,5,9-10H2,1-4H3,(H,17,18). The van der Waals surface area contributed by atoms with E-state index < -0.39 is 11.4 Å². The molecule has 0 aliphatic carbocycles. The highest BCUT2D eigenvalue weighted by atomic mass is 16.5. The van der Waals surface area contributed by atoms with Crippen molar-refractivity contribution >= 4 is 5.97 Å². The van der Waals surface area contributed by atoms with Gasteiger partial charge in [0.2, 0.25) is 0 Å². The average Bonchev–Trinajstić information content (AvgIpc) is 2.38. The van der Waals surface area contributed by atoms with E-state index in [0.29, 0.717) is 13.1 Å². The minimum Gasteiger partial charge on any atom is -0.496 e. The summed E-state index contributed by atoms with van der Waals surface area (Å²) in [5.74, 6) is 0.112. The summed E-state index contributed by atoms with van der Waals surface area (Å²) in [7, 11) is 1.67. The number of hydrogen-bond acceptors (Lipinski definition) is 3. The summed E-state index contributed by atoms with van der Waals surface area (Å²) in [6.07, 6.45) is 0.914. The molecule has 2 N–H and O–H groups in total. The Hall–Kier alpha value is -1.55. The molecule has 0 spiro atoms. The highest BCUT2D eigenvalue weighted by Crippen LogP contribution is 2.20. The Morgan fingerprint density at radius 3 is 2.63 bits per heavy atom. The van der Waals surface area contributed by atoms with E-state index in [1.807, 2.05) is 12.1 Å². The number of carboxylic acids is 1. The van der Waals surface area contributed by atoms with Crippen molar-refractivity contribution in [1.82, 2.24) is 5.32 Å². The van der Waals surface area contributed by atoms with Crippen LogP contribution in [0.1, 0.15) is 31.9 Å².